The minimum absolute atomic E-state index is 0.0204. The summed E-state index contributed by atoms with van der Waals surface area (Å²) in [5, 5.41) is 0. The molecule has 0 atom stereocenters. The van der Waals surface area contributed by atoms with E-state index in [0.29, 0.717) is 17.9 Å². The smallest absolute Gasteiger partial charge is 0.341 e. The lowest BCUT2D eigenvalue weighted by molar-refractivity contribution is -0.147. The number of likely N-dealkylation sites (tertiary alicyclic amines) is 1. The standard InChI is InChI=1S/C14H19NO5/c1-18-13(16)10-3-6-15(7-4-10)9-12-11(5-8-20-12)14(17)19-2/h5,8,10H,3-4,6-7,9H2,1-2H3. The molecule has 2 heterocycles. The number of carbonyl (C=O) groups is 2. The van der Waals surface area contributed by atoms with Crippen LogP contribution >= 0.6 is 0 Å². The molecular formula is C14H19NO5. The van der Waals surface area contributed by atoms with Crippen molar-refractivity contribution in [2.24, 2.45) is 5.92 Å². The molecule has 1 aliphatic heterocycles. The highest BCUT2D eigenvalue weighted by molar-refractivity contribution is 5.90. The van der Waals surface area contributed by atoms with Gasteiger partial charge in [0.15, 0.2) is 0 Å². The molecule has 0 bridgehead atoms. The summed E-state index contributed by atoms with van der Waals surface area (Å²) in [5.74, 6) is 0.0531. The van der Waals surface area contributed by atoms with E-state index >= 15 is 0 Å². The third-order valence-electron chi connectivity index (χ3n) is 3.64. The summed E-state index contributed by atoms with van der Waals surface area (Å²) < 4.78 is 14.8. The number of furan rings is 1. The van der Waals surface area contributed by atoms with Gasteiger partial charge in [-0.25, -0.2) is 4.79 Å². The third kappa shape index (κ3) is 3.19. The predicted octanol–water partition coefficient (Wildman–Crippen LogP) is 1.45. The first-order valence-electron chi connectivity index (χ1n) is 6.60. The molecule has 0 radical (unpaired) electrons. The van der Waals surface area contributed by atoms with E-state index in [9.17, 15) is 9.59 Å². The molecule has 0 N–H and O–H groups in total. The maximum atomic E-state index is 11.6. The molecule has 20 heavy (non-hydrogen) atoms. The van der Waals surface area contributed by atoms with Crippen molar-refractivity contribution < 1.29 is 23.5 Å². The van der Waals surface area contributed by atoms with Gasteiger partial charge in [0.25, 0.3) is 0 Å². The number of methoxy groups -OCH3 is 2. The zero-order valence-electron chi connectivity index (χ0n) is 11.8. The molecule has 110 valence electrons. The first-order chi connectivity index (χ1) is 9.65. The molecule has 1 saturated heterocycles. The van der Waals surface area contributed by atoms with Crippen LogP contribution in [0, 0.1) is 5.92 Å². The Kier molecular flexibility index (Phi) is 4.79. The number of rotatable bonds is 4. The number of esters is 2. The lowest BCUT2D eigenvalue weighted by atomic mass is 9.97. The van der Waals surface area contributed by atoms with Crippen LogP contribution in [0.2, 0.25) is 0 Å². The normalized spacial score (nSPS) is 16.9. The monoisotopic (exact) mass is 281 g/mol. The largest absolute Gasteiger partial charge is 0.469 e. The average Bonchev–Trinajstić information content (AvgIpc) is 2.94. The van der Waals surface area contributed by atoms with Crippen LogP contribution in [0.15, 0.2) is 16.7 Å². The van der Waals surface area contributed by atoms with Crippen LogP contribution in [0.25, 0.3) is 0 Å². The van der Waals surface area contributed by atoms with Crippen molar-refractivity contribution in [1.29, 1.82) is 0 Å². The first kappa shape index (κ1) is 14.6. The van der Waals surface area contributed by atoms with Gasteiger partial charge in [-0.1, -0.05) is 0 Å². The van der Waals surface area contributed by atoms with Gasteiger partial charge in [-0.15, -0.1) is 0 Å². The Morgan fingerprint density at radius 2 is 2.00 bits per heavy atom. The van der Waals surface area contributed by atoms with Crippen LogP contribution in [0.3, 0.4) is 0 Å². The molecule has 1 aliphatic rings. The molecule has 0 aromatic carbocycles. The number of ether oxygens (including phenoxy) is 2. The Balaban J connectivity index is 1.91. The second-order valence-electron chi connectivity index (χ2n) is 4.82. The molecule has 0 aliphatic carbocycles. The van der Waals surface area contributed by atoms with Crippen molar-refractivity contribution >= 4 is 11.9 Å². The van der Waals surface area contributed by atoms with Gasteiger partial charge in [-0.05, 0) is 32.0 Å². The molecule has 1 fully saturated rings. The molecular weight excluding hydrogens is 262 g/mol. The molecule has 0 spiro atoms. The van der Waals surface area contributed by atoms with Crippen LogP contribution in [0.5, 0.6) is 0 Å². The highest BCUT2D eigenvalue weighted by atomic mass is 16.5. The van der Waals surface area contributed by atoms with E-state index in [1.807, 2.05) is 0 Å². The van der Waals surface area contributed by atoms with Crippen LogP contribution in [-0.4, -0.2) is 44.1 Å². The van der Waals surface area contributed by atoms with Crippen molar-refractivity contribution in [3.05, 3.63) is 23.7 Å². The van der Waals surface area contributed by atoms with Crippen molar-refractivity contribution in [3.8, 4) is 0 Å². The van der Waals surface area contributed by atoms with E-state index in [0.717, 1.165) is 25.9 Å². The lowest BCUT2D eigenvalue weighted by Gasteiger charge is -2.29. The highest BCUT2D eigenvalue weighted by Gasteiger charge is 2.27. The molecule has 0 saturated carbocycles. The maximum Gasteiger partial charge on any atom is 0.341 e. The van der Waals surface area contributed by atoms with Crippen molar-refractivity contribution in [1.82, 2.24) is 4.90 Å². The second-order valence-corrected chi connectivity index (χ2v) is 4.82. The van der Waals surface area contributed by atoms with E-state index in [-0.39, 0.29) is 11.9 Å². The van der Waals surface area contributed by atoms with E-state index in [2.05, 4.69) is 4.90 Å². The number of carbonyl (C=O) groups excluding carboxylic acids is 2. The fraction of sp³-hybridized carbons (Fsp3) is 0.571. The molecule has 6 nitrogen and oxygen atoms in total. The number of hydrogen-bond acceptors (Lipinski definition) is 6. The van der Waals surface area contributed by atoms with Gasteiger partial charge in [0.1, 0.15) is 11.3 Å². The summed E-state index contributed by atoms with van der Waals surface area (Å²) in [5.41, 5.74) is 0.461. The first-order valence-corrected chi connectivity index (χ1v) is 6.60. The molecule has 1 aromatic heterocycles. The lowest BCUT2D eigenvalue weighted by Crippen LogP contribution is -2.36. The fourth-order valence-corrected chi connectivity index (χ4v) is 2.45. The van der Waals surface area contributed by atoms with E-state index < -0.39 is 5.97 Å². The summed E-state index contributed by atoms with van der Waals surface area (Å²) in [6.07, 6.45) is 3.02. The predicted molar refractivity (Wildman–Crippen MR) is 70.1 cm³/mol. The summed E-state index contributed by atoms with van der Waals surface area (Å²) in [4.78, 5) is 25.2. The summed E-state index contributed by atoms with van der Waals surface area (Å²) in [7, 11) is 2.77. The molecule has 0 amide bonds. The zero-order valence-corrected chi connectivity index (χ0v) is 11.8. The Bertz CT molecular complexity index is 474. The quantitative estimate of drug-likeness (QED) is 0.778. The van der Waals surface area contributed by atoms with Gasteiger partial charge in [0.05, 0.1) is 32.9 Å². The third-order valence-corrected chi connectivity index (χ3v) is 3.64. The Morgan fingerprint density at radius 3 is 2.60 bits per heavy atom. The number of hydrogen-bond donors (Lipinski definition) is 0. The van der Waals surface area contributed by atoms with Gasteiger partial charge < -0.3 is 13.9 Å². The highest BCUT2D eigenvalue weighted by Crippen LogP contribution is 2.21. The van der Waals surface area contributed by atoms with Crippen LogP contribution in [0.4, 0.5) is 0 Å². The van der Waals surface area contributed by atoms with Crippen molar-refractivity contribution in [2.75, 3.05) is 27.3 Å². The van der Waals surface area contributed by atoms with Gasteiger partial charge in [0, 0.05) is 0 Å². The number of nitrogens with zero attached hydrogens (tertiary/aromatic N) is 1. The van der Waals surface area contributed by atoms with Crippen molar-refractivity contribution in [3.63, 3.8) is 0 Å². The van der Waals surface area contributed by atoms with E-state index in [1.165, 1.54) is 20.5 Å². The second kappa shape index (κ2) is 6.56. The van der Waals surface area contributed by atoms with Gasteiger partial charge >= 0.3 is 11.9 Å². The molecule has 2 rings (SSSR count). The van der Waals surface area contributed by atoms with Crippen molar-refractivity contribution in [2.45, 2.75) is 19.4 Å². The maximum absolute atomic E-state index is 11.6. The Hall–Kier alpha value is -1.82. The van der Waals surface area contributed by atoms with Crippen LogP contribution in [0.1, 0.15) is 29.0 Å². The van der Waals surface area contributed by atoms with E-state index in [1.54, 1.807) is 6.07 Å². The molecule has 0 unspecified atom stereocenters. The summed E-state index contributed by atoms with van der Waals surface area (Å²) >= 11 is 0. The van der Waals surface area contributed by atoms with Gasteiger partial charge in [-0.2, -0.15) is 0 Å². The fourth-order valence-electron chi connectivity index (χ4n) is 2.45. The summed E-state index contributed by atoms with van der Waals surface area (Å²) in [6.45, 7) is 2.10. The number of piperidine rings is 1. The SMILES string of the molecule is COC(=O)c1ccoc1CN1CCC(C(=O)OC)CC1. The molecule has 1 aromatic rings. The minimum Gasteiger partial charge on any atom is -0.469 e. The van der Waals surface area contributed by atoms with Crippen LogP contribution in [-0.2, 0) is 20.8 Å². The van der Waals surface area contributed by atoms with Gasteiger partial charge in [-0.3, -0.25) is 9.69 Å². The van der Waals surface area contributed by atoms with Crippen LogP contribution < -0.4 is 0 Å². The topological polar surface area (TPSA) is 69.0 Å². The van der Waals surface area contributed by atoms with Gasteiger partial charge in [0.2, 0.25) is 0 Å². The zero-order chi connectivity index (χ0) is 14.5. The Morgan fingerprint density at radius 1 is 1.30 bits per heavy atom. The minimum atomic E-state index is -0.391. The Labute approximate surface area is 117 Å². The summed E-state index contributed by atoms with van der Waals surface area (Å²) in [6, 6.07) is 1.61. The van der Waals surface area contributed by atoms with E-state index in [4.69, 9.17) is 13.9 Å². The molecule has 6 heteroatoms. The average molecular weight is 281 g/mol.